The number of rotatable bonds is 3. The number of piperidine rings is 1. The maximum atomic E-state index is 9.98. The van der Waals surface area contributed by atoms with E-state index in [2.05, 4.69) is 38.2 Å². The summed E-state index contributed by atoms with van der Waals surface area (Å²) < 4.78 is 23.8. The van der Waals surface area contributed by atoms with Gasteiger partial charge in [0, 0.05) is 53.1 Å². The van der Waals surface area contributed by atoms with Gasteiger partial charge in [0.2, 0.25) is 5.95 Å². The van der Waals surface area contributed by atoms with Crippen LogP contribution in [-0.2, 0) is 12.5 Å². The first-order valence-electron chi connectivity index (χ1n) is 12.6. The molecule has 0 amide bonds. The molecule has 8 nitrogen and oxygen atoms in total. The van der Waals surface area contributed by atoms with Gasteiger partial charge in [-0.15, -0.1) is 0 Å². The van der Waals surface area contributed by atoms with Crippen molar-refractivity contribution in [2.75, 3.05) is 18.0 Å². The standard InChI is InChI=1S/C26H24N8/c1-33-16-18-13-17(7-8-21(18)32-33)20-15-29-24-23(20)22(14-27)30-25(31-24)34-11-9-26(28,10-12-34)19-5-3-2-4-6-19/h2-8,13,15-16H,9-12,28H2,1H3,(H,29,30,31)/i1D3. The zero-order valence-corrected chi connectivity index (χ0v) is 18.4. The van der Waals surface area contributed by atoms with Crippen molar-refractivity contribution in [1.82, 2.24) is 24.7 Å². The number of anilines is 1. The van der Waals surface area contributed by atoms with Crippen LogP contribution in [0.1, 0.15) is 28.2 Å². The molecule has 0 radical (unpaired) electrons. The predicted molar refractivity (Wildman–Crippen MR) is 132 cm³/mol. The number of nitrogens with zero attached hydrogens (tertiary/aromatic N) is 6. The Hall–Kier alpha value is -4.22. The highest BCUT2D eigenvalue weighted by molar-refractivity contribution is 5.99. The van der Waals surface area contributed by atoms with E-state index in [1.54, 1.807) is 12.3 Å². The van der Waals surface area contributed by atoms with Crippen LogP contribution in [0.2, 0.25) is 0 Å². The third-order valence-electron chi connectivity index (χ3n) is 6.73. The van der Waals surface area contributed by atoms with Crippen molar-refractivity contribution in [3.05, 3.63) is 72.2 Å². The first-order chi connectivity index (χ1) is 17.7. The lowest BCUT2D eigenvalue weighted by atomic mass is 9.82. The van der Waals surface area contributed by atoms with E-state index in [0.29, 0.717) is 41.0 Å². The summed E-state index contributed by atoms with van der Waals surface area (Å²) in [5.74, 6) is 0.502. The summed E-state index contributed by atoms with van der Waals surface area (Å²) in [7, 11) is 0. The number of aromatic nitrogens is 5. The molecule has 5 aromatic rings. The maximum absolute atomic E-state index is 9.98. The summed E-state index contributed by atoms with van der Waals surface area (Å²) in [6.07, 6.45) is 4.81. The van der Waals surface area contributed by atoms with E-state index < -0.39 is 12.5 Å². The molecule has 2 aromatic carbocycles. The van der Waals surface area contributed by atoms with Crippen molar-refractivity contribution in [2.24, 2.45) is 12.7 Å². The highest BCUT2D eigenvalue weighted by Gasteiger charge is 2.33. The molecule has 1 aliphatic heterocycles. The number of aryl methyl sites for hydroxylation is 1. The molecule has 34 heavy (non-hydrogen) atoms. The van der Waals surface area contributed by atoms with Gasteiger partial charge in [-0.05, 0) is 36.1 Å². The number of nitriles is 1. The maximum Gasteiger partial charge on any atom is 0.228 e. The predicted octanol–water partition coefficient (Wildman–Crippen LogP) is 3.84. The number of nitrogens with two attached hydrogens (primary N) is 1. The Morgan fingerprint density at radius 3 is 2.74 bits per heavy atom. The van der Waals surface area contributed by atoms with E-state index in [1.165, 1.54) is 6.20 Å². The average Bonchev–Trinajstić information content (AvgIpc) is 3.53. The van der Waals surface area contributed by atoms with Crippen LogP contribution in [0.3, 0.4) is 0 Å². The van der Waals surface area contributed by atoms with Crippen LogP contribution in [0.25, 0.3) is 33.1 Å². The molecule has 1 aliphatic rings. The lowest BCUT2D eigenvalue weighted by molar-refractivity contribution is 0.340. The van der Waals surface area contributed by atoms with Gasteiger partial charge in [0.15, 0.2) is 5.69 Å². The van der Waals surface area contributed by atoms with Crippen LogP contribution in [-0.4, -0.2) is 37.8 Å². The molecule has 3 N–H and O–H groups in total. The molecular weight excluding hydrogens is 424 g/mol. The number of hydrogen-bond donors (Lipinski definition) is 2. The number of nitrogens with one attached hydrogen (secondary N) is 1. The Kier molecular flexibility index (Phi) is 3.90. The van der Waals surface area contributed by atoms with Crippen LogP contribution in [0.15, 0.2) is 60.9 Å². The van der Waals surface area contributed by atoms with Crippen molar-refractivity contribution < 1.29 is 4.11 Å². The molecule has 0 bridgehead atoms. The number of H-pyrrole nitrogens is 1. The van der Waals surface area contributed by atoms with Crippen LogP contribution in [0.4, 0.5) is 5.95 Å². The molecule has 0 spiro atoms. The molecule has 0 atom stereocenters. The topological polar surface area (TPSA) is 112 Å². The van der Waals surface area contributed by atoms with E-state index in [1.807, 2.05) is 30.3 Å². The van der Waals surface area contributed by atoms with Gasteiger partial charge in [-0.2, -0.15) is 15.3 Å². The van der Waals surface area contributed by atoms with Crippen LogP contribution in [0.5, 0.6) is 0 Å². The highest BCUT2D eigenvalue weighted by atomic mass is 15.3. The van der Waals surface area contributed by atoms with Crippen molar-refractivity contribution in [2.45, 2.75) is 18.4 Å². The molecule has 1 saturated heterocycles. The van der Waals surface area contributed by atoms with Crippen molar-refractivity contribution in [3.63, 3.8) is 0 Å². The third kappa shape index (κ3) is 3.29. The second-order valence-corrected chi connectivity index (χ2v) is 8.77. The molecule has 3 aromatic heterocycles. The normalized spacial score (nSPS) is 17.3. The number of aromatic amines is 1. The molecule has 1 fully saturated rings. The van der Waals surface area contributed by atoms with Gasteiger partial charge in [0.1, 0.15) is 11.7 Å². The Balaban J connectivity index is 1.32. The van der Waals surface area contributed by atoms with Gasteiger partial charge >= 0.3 is 0 Å². The Morgan fingerprint density at radius 2 is 1.97 bits per heavy atom. The van der Waals surface area contributed by atoms with Gasteiger partial charge in [0.25, 0.3) is 0 Å². The van der Waals surface area contributed by atoms with E-state index >= 15 is 0 Å². The third-order valence-corrected chi connectivity index (χ3v) is 6.73. The van der Waals surface area contributed by atoms with E-state index in [9.17, 15) is 5.26 Å². The Labute approximate surface area is 200 Å². The summed E-state index contributed by atoms with van der Waals surface area (Å²) >= 11 is 0. The second-order valence-electron chi connectivity index (χ2n) is 8.77. The quantitative estimate of drug-likeness (QED) is 0.431. The minimum absolute atomic E-state index is 0.280. The molecule has 0 saturated carbocycles. The SMILES string of the molecule is [2H]C([2H])([2H])n1cc2cc(-c3c[nH]c4nc(N5CCC(N)(c6ccccc6)CC5)nc(C#N)c34)ccc2n1. The van der Waals surface area contributed by atoms with Gasteiger partial charge < -0.3 is 15.6 Å². The van der Waals surface area contributed by atoms with E-state index in [4.69, 9.17) is 14.8 Å². The first-order valence-corrected chi connectivity index (χ1v) is 11.1. The minimum atomic E-state index is -2.35. The average molecular weight is 452 g/mol. The van der Waals surface area contributed by atoms with Crippen LogP contribution < -0.4 is 10.6 Å². The lowest BCUT2D eigenvalue weighted by Gasteiger charge is -2.39. The molecule has 0 aliphatic carbocycles. The Bertz CT molecular complexity index is 1650. The monoisotopic (exact) mass is 451 g/mol. The molecular formula is C26H24N8. The largest absolute Gasteiger partial charge is 0.345 e. The zero-order chi connectivity index (χ0) is 25.8. The molecule has 6 rings (SSSR count). The van der Waals surface area contributed by atoms with Gasteiger partial charge in [-0.25, -0.2) is 4.98 Å². The lowest BCUT2D eigenvalue weighted by Crippen LogP contribution is -2.48. The minimum Gasteiger partial charge on any atom is -0.345 e. The van der Waals surface area contributed by atoms with Crippen molar-refractivity contribution >= 4 is 27.9 Å². The number of fused-ring (bicyclic) bond motifs is 2. The summed E-state index contributed by atoms with van der Waals surface area (Å²) in [5, 5.41) is 15.4. The van der Waals surface area contributed by atoms with Gasteiger partial charge in [-0.1, -0.05) is 36.4 Å². The van der Waals surface area contributed by atoms with Crippen LogP contribution >= 0.6 is 0 Å². The summed E-state index contributed by atoms with van der Waals surface area (Å²) in [4.78, 5) is 14.6. The summed E-state index contributed by atoms with van der Waals surface area (Å²) in [6.45, 7) is -0.990. The number of hydrogen-bond acceptors (Lipinski definition) is 6. The fourth-order valence-electron chi connectivity index (χ4n) is 4.83. The van der Waals surface area contributed by atoms with E-state index in [-0.39, 0.29) is 5.69 Å². The highest BCUT2D eigenvalue weighted by Crippen LogP contribution is 2.35. The summed E-state index contributed by atoms with van der Waals surface area (Å²) in [6, 6.07) is 17.9. The molecule has 4 heterocycles. The summed E-state index contributed by atoms with van der Waals surface area (Å²) in [5.41, 5.74) is 10.5. The fraction of sp³-hybridized carbons (Fsp3) is 0.231. The fourth-order valence-corrected chi connectivity index (χ4v) is 4.83. The second kappa shape index (κ2) is 7.68. The van der Waals surface area contributed by atoms with Crippen LogP contribution in [0, 0.1) is 11.3 Å². The van der Waals surface area contributed by atoms with E-state index in [0.717, 1.165) is 34.2 Å². The van der Waals surface area contributed by atoms with Crippen molar-refractivity contribution in [1.29, 1.82) is 5.26 Å². The Morgan fingerprint density at radius 1 is 1.15 bits per heavy atom. The smallest absolute Gasteiger partial charge is 0.228 e. The molecule has 0 unspecified atom stereocenters. The molecule has 8 heteroatoms. The van der Waals surface area contributed by atoms with Crippen molar-refractivity contribution in [3.8, 4) is 17.2 Å². The first kappa shape index (κ1) is 17.3. The number of benzene rings is 2. The van der Waals surface area contributed by atoms with Gasteiger partial charge in [0.05, 0.1) is 10.9 Å². The van der Waals surface area contributed by atoms with Gasteiger partial charge in [-0.3, -0.25) is 4.68 Å². The molecule has 168 valence electrons. The zero-order valence-electron chi connectivity index (χ0n) is 21.4.